The Morgan fingerprint density at radius 3 is 2.19 bits per heavy atom. The van der Waals surface area contributed by atoms with Crippen LogP contribution in [-0.4, -0.2) is 28.4 Å². The number of nitrogens with zero attached hydrogens (tertiary/aromatic N) is 1. The van der Waals surface area contributed by atoms with E-state index < -0.39 is 0 Å². The van der Waals surface area contributed by atoms with Crippen LogP contribution in [0.1, 0.15) is 0 Å². The van der Waals surface area contributed by atoms with Gasteiger partial charge in [-0.15, -0.1) is 0 Å². The van der Waals surface area contributed by atoms with E-state index in [0.717, 1.165) is 17.1 Å². The largest absolute Gasteiger partial charge is 0.497 e. The summed E-state index contributed by atoms with van der Waals surface area (Å²) in [5, 5.41) is 0. The van der Waals surface area contributed by atoms with Crippen LogP contribution in [0.3, 0.4) is 0 Å². The van der Waals surface area contributed by atoms with Crippen molar-refractivity contribution in [1.82, 2.24) is 0 Å². The normalized spacial score (nSPS) is 10.1. The quantitative estimate of drug-likeness (QED) is 0.857. The van der Waals surface area contributed by atoms with Crippen LogP contribution in [0.2, 0.25) is 0 Å². The Balaban J connectivity index is 2.44. The summed E-state index contributed by atoms with van der Waals surface area (Å²) >= 11 is 0. The lowest BCUT2D eigenvalue weighted by Crippen LogP contribution is -2.12. The molecule has 0 bridgehead atoms. The number of nitrogens with two attached hydrogens (primary N) is 1. The molecule has 0 aliphatic rings. The van der Waals surface area contributed by atoms with Crippen LogP contribution < -0.4 is 24.8 Å². The molecule has 0 saturated heterocycles. The standard InChI is InChI=1S/C16H20N2O3/c1-18(11-6-5-7-12(8-11)19-2)14-10-16(21-4)15(20-3)9-13(14)17/h5-10H,17H2,1-4H3. The van der Waals surface area contributed by atoms with Crippen molar-refractivity contribution in [3.8, 4) is 17.2 Å². The minimum Gasteiger partial charge on any atom is -0.497 e. The van der Waals surface area contributed by atoms with Gasteiger partial charge in [-0.1, -0.05) is 6.07 Å². The summed E-state index contributed by atoms with van der Waals surface area (Å²) in [6.45, 7) is 0. The monoisotopic (exact) mass is 288 g/mol. The third-order valence-electron chi connectivity index (χ3n) is 3.33. The lowest BCUT2D eigenvalue weighted by molar-refractivity contribution is 0.355. The number of hydrogen-bond acceptors (Lipinski definition) is 5. The van der Waals surface area contributed by atoms with Gasteiger partial charge in [-0.3, -0.25) is 0 Å². The molecule has 0 atom stereocenters. The molecular formula is C16H20N2O3. The molecule has 0 unspecified atom stereocenters. The lowest BCUT2D eigenvalue weighted by Gasteiger charge is -2.23. The van der Waals surface area contributed by atoms with Gasteiger partial charge in [0, 0.05) is 30.9 Å². The molecule has 0 fully saturated rings. The number of benzene rings is 2. The van der Waals surface area contributed by atoms with Crippen molar-refractivity contribution in [1.29, 1.82) is 0 Å². The van der Waals surface area contributed by atoms with Gasteiger partial charge >= 0.3 is 0 Å². The van der Waals surface area contributed by atoms with Crippen molar-refractivity contribution in [3.63, 3.8) is 0 Å². The average molecular weight is 288 g/mol. The Labute approximate surface area is 124 Å². The van der Waals surface area contributed by atoms with E-state index in [1.807, 2.05) is 42.3 Å². The minimum absolute atomic E-state index is 0.609. The number of rotatable bonds is 5. The van der Waals surface area contributed by atoms with Crippen molar-refractivity contribution in [2.75, 3.05) is 39.0 Å². The first-order valence-corrected chi connectivity index (χ1v) is 6.50. The van der Waals surface area contributed by atoms with E-state index in [1.54, 1.807) is 27.4 Å². The van der Waals surface area contributed by atoms with Crippen LogP contribution in [0.5, 0.6) is 17.2 Å². The summed E-state index contributed by atoms with van der Waals surface area (Å²) in [6.07, 6.45) is 0. The predicted octanol–water partition coefficient (Wildman–Crippen LogP) is 3.06. The summed E-state index contributed by atoms with van der Waals surface area (Å²) < 4.78 is 15.8. The van der Waals surface area contributed by atoms with Crippen LogP contribution in [0, 0.1) is 0 Å². The fraction of sp³-hybridized carbons (Fsp3) is 0.250. The second-order valence-corrected chi connectivity index (χ2v) is 4.53. The van der Waals surface area contributed by atoms with E-state index in [4.69, 9.17) is 19.9 Å². The Morgan fingerprint density at radius 2 is 1.57 bits per heavy atom. The van der Waals surface area contributed by atoms with E-state index in [1.165, 1.54) is 0 Å². The van der Waals surface area contributed by atoms with Crippen LogP contribution in [0.4, 0.5) is 17.1 Å². The SMILES string of the molecule is COc1cccc(N(C)c2cc(OC)c(OC)cc2N)c1. The topological polar surface area (TPSA) is 57.0 Å². The highest BCUT2D eigenvalue weighted by Crippen LogP contribution is 2.39. The van der Waals surface area contributed by atoms with Crippen molar-refractivity contribution < 1.29 is 14.2 Å². The number of nitrogen functional groups attached to an aromatic ring is 1. The highest BCUT2D eigenvalue weighted by Gasteiger charge is 2.14. The summed E-state index contributed by atoms with van der Waals surface area (Å²) in [4.78, 5) is 1.97. The number of anilines is 3. The molecule has 2 aromatic rings. The Morgan fingerprint density at radius 1 is 0.905 bits per heavy atom. The summed E-state index contributed by atoms with van der Waals surface area (Å²) in [6, 6.07) is 11.4. The number of ether oxygens (including phenoxy) is 3. The van der Waals surface area contributed by atoms with E-state index in [9.17, 15) is 0 Å². The maximum absolute atomic E-state index is 6.12. The molecule has 5 nitrogen and oxygen atoms in total. The summed E-state index contributed by atoms with van der Waals surface area (Å²) in [7, 11) is 6.77. The molecule has 0 radical (unpaired) electrons. The molecule has 21 heavy (non-hydrogen) atoms. The van der Waals surface area contributed by atoms with Gasteiger partial charge in [-0.2, -0.15) is 0 Å². The molecule has 5 heteroatoms. The molecule has 2 N–H and O–H groups in total. The van der Waals surface area contributed by atoms with Gasteiger partial charge < -0.3 is 24.8 Å². The van der Waals surface area contributed by atoms with Crippen LogP contribution in [0.25, 0.3) is 0 Å². The van der Waals surface area contributed by atoms with Crippen molar-refractivity contribution >= 4 is 17.1 Å². The fourth-order valence-corrected chi connectivity index (χ4v) is 2.13. The highest BCUT2D eigenvalue weighted by atomic mass is 16.5. The van der Waals surface area contributed by atoms with Crippen LogP contribution in [0.15, 0.2) is 36.4 Å². The molecule has 0 spiro atoms. The molecular weight excluding hydrogens is 268 g/mol. The summed E-state index contributed by atoms with van der Waals surface area (Å²) in [5.41, 5.74) is 8.53. The maximum atomic E-state index is 6.12. The molecule has 2 rings (SSSR count). The van der Waals surface area contributed by atoms with Crippen molar-refractivity contribution in [2.24, 2.45) is 0 Å². The highest BCUT2D eigenvalue weighted by molar-refractivity contribution is 5.78. The van der Waals surface area contributed by atoms with Crippen LogP contribution in [-0.2, 0) is 0 Å². The van der Waals surface area contributed by atoms with E-state index >= 15 is 0 Å². The second kappa shape index (κ2) is 6.26. The summed E-state index contributed by atoms with van der Waals surface area (Å²) in [5.74, 6) is 2.03. The smallest absolute Gasteiger partial charge is 0.162 e. The van der Waals surface area contributed by atoms with E-state index in [-0.39, 0.29) is 0 Å². The minimum atomic E-state index is 0.609. The third-order valence-corrected chi connectivity index (χ3v) is 3.33. The molecule has 2 aromatic carbocycles. The van der Waals surface area contributed by atoms with Gasteiger partial charge in [0.05, 0.1) is 32.7 Å². The number of hydrogen-bond donors (Lipinski definition) is 1. The van der Waals surface area contributed by atoms with E-state index in [0.29, 0.717) is 17.2 Å². The van der Waals surface area contributed by atoms with Crippen molar-refractivity contribution in [3.05, 3.63) is 36.4 Å². The predicted molar refractivity (Wildman–Crippen MR) is 85.0 cm³/mol. The average Bonchev–Trinajstić information content (AvgIpc) is 2.53. The first kappa shape index (κ1) is 14.8. The van der Waals surface area contributed by atoms with Gasteiger partial charge in [0.1, 0.15) is 5.75 Å². The van der Waals surface area contributed by atoms with Crippen LogP contribution >= 0.6 is 0 Å². The first-order chi connectivity index (χ1) is 10.1. The Bertz CT molecular complexity index is 629. The third kappa shape index (κ3) is 2.97. The fourth-order valence-electron chi connectivity index (χ4n) is 2.13. The van der Waals surface area contributed by atoms with Gasteiger partial charge in [-0.05, 0) is 12.1 Å². The Kier molecular flexibility index (Phi) is 4.42. The zero-order valence-corrected chi connectivity index (χ0v) is 12.7. The molecule has 0 amide bonds. The molecule has 0 saturated carbocycles. The zero-order valence-electron chi connectivity index (χ0n) is 12.7. The van der Waals surface area contributed by atoms with Gasteiger partial charge in [0.15, 0.2) is 11.5 Å². The second-order valence-electron chi connectivity index (χ2n) is 4.53. The lowest BCUT2D eigenvalue weighted by atomic mass is 10.2. The first-order valence-electron chi connectivity index (χ1n) is 6.50. The van der Waals surface area contributed by atoms with Crippen molar-refractivity contribution in [2.45, 2.75) is 0 Å². The number of methoxy groups -OCH3 is 3. The zero-order chi connectivity index (χ0) is 15.4. The van der Waals surface area contributed by atoms with Gasteiger partial charge in [-0.25, -0.2) is 0 Å². The molecule has 0 aliphatic heterocycles. The molecule has 112 valence electrons. The molecule has 0 aliphatic carbocycles. The van der Waals surface area contributed by atoms with E-state index in [2.05, 4.69) is 0 Å². The maximum Gasteiger partial charge on any atom is 0.162 e. The molecule has 0 heterocycles. The van der Waals surface area contributed by atoms with Gasteiger partial charge in [0.25, 0.3) is 0 Å². The Hall–Kier alpha value is -2.56. The molecule has 0 aromatic heterocycles. The van der Waals surface area contributed by atoms with Gasteiger partial charge in [0.2, 0.25) is 0 Å².